The van der Waals surface area contributed by atoms with Crippen LogP contribution < -0.4 is 10.6 Å². The number of aliphatic hydroxyl groups excluding tert-OH is 2. The molecular weight excluding hydrogens is 406 g/mol. The zero-order valence-electron chi connectivity index (χ0n) is 18.1. The molecule has 1 unspecified atom stereocenters. The van der Waals surface area contributed by atoms with Gasteiger partial charge in [-0.05, 0) is 49.3 Å². The lowest BCUT2D eigenvalue weighted by atomic mass is 9.95. The number of halogens is 2. The van der Waals surface area contributed by atoms with Gasteiger partial charge in [-0.15, -0.1) is 0 Å². The van der Waals surface area contributed by atoms with Crippen molar-refractivity contribution in [2.24, 2.45) is 5.92 Å². The van der Waals surface area contributed by atoms with Crippen LogP contribution in [0, 0.1) is 17.6 Å². The Morgan fingerprint density at radius 2 is 1.77 bits per heavy atom. The van der Waals surface area contributed by atoms with Crippen molar-refractivity contribution < 1.29 is 28.6 Å². The first-order valence-electron chi connectivity index (χ1n) is 11.1. The number of hydrogen-bond acceptors (Lipinski definition) is 4. The van der Waals surface area contributed by atoms with Gasteiger partial charge in [-0.3, -0.25) is 9.59 Å². The molecule has 0 aromatic heterocycles. The molecule has 0 heterocycles. The van der Waals surface area contributed by atoms with E-state index in [2.05, 4.69) is 10.6 Å². The zero-order valence-corrected chi connectivity index (χ0v) is 18.1. The summed E-state index contributed by atoms with van der Waals surface area (Å²) in [5.74, 6) is -1.40. The summed E-state index contributed by atoms with van der Waals surface area (Å²) in [7, 11) is 0. The molecule has 2 amide bonds. The van der Waals surface area contributed by atoms with Crippen molar-refractivity contribution in [2.45, 2.75) is 82.9 Å². The van der Waals surface area contributed by atoms with E-state index in [0.717, 1.165) is 37.5 Å². The molecule has 31 heavy (non-hydrogen) atoms. The van der Waals surface area contributed by atoms with E-state index in [1.807, 2.05) is 0 Å². The summed E-state index contributed by atoms with van der Waals surface area (Å²) in [5.41, 5.74) is 0.301. The predicted octanol–water partition coefficient (Wildman–Crippen LogP) is 2.60. The fourth-order valence-electron chi connectivity index (χ4n) is 4.32. The maximum absolute atomic E-state index is 13.5. The Hall–Kier alpha value is -2.06. The second kappa shape index (κ2) is 12.7. The highest BCUT2D eigenvalue weighted by molar-refractivity contribution is 5.76. The van der Waals surface area contributed by atoms with E-state index in [1.165, 1.54) is 19.8 Å². The van der Waals surface area contributed by atoms with Crippen molar-refractivity contribution in [1.82, 2.24) is 10.6 Å². The van der Waals surface area contributed by atoms with Crippen molar-refractivity contribution in [3.8, 4) is 0 Å². The number of carbonyl (C=O) groups is 2. The number of benzene rings is 1. The highest BCUT2D eigenvalue weighted by Gasteiger charge is 2.26. The summed E-state index contributed by atoms with van der Waals surface area (Å²) in [4.78, 5) is 24.0. The molecule has 0 spiro atoms. The molecule has 0 saturated heterocycles. The van der Waals surface area contributed by atoms with E-state index < -0.39 is 29.8 Å². The van der Waals surface area contributed by atoms with E-state index >= 15 is 0 Å². The fourth-order valence-corrected chi connectivity index (χ4v) is 4.32. The van der Waals surface area contributed by atoms with Crippen LogP contribution in [0.3, 0.4) is 0 Å². The molecule has 3 atom stereocenters. The Kier molecular flexibility index (Phi) is 10.3. The van der Waals surface area contributed by atoms with Gasteiger partial charge < -0.3 is 20.8 Å². The molecule has 0 aliphatic heterocycles. The van der Waals surface area contributed by atoms with E-state index in [0.29, 0.717) is 17.9 Å². The SMILES string of the molecule is CC(=O)N[C@@H](Cc1cc(F)cc(F)c1)[C@@H](O)CC(CCO)NC(=O)CCC1CCCC1. The molecule has 1 aliphatic carbocycles. The quantitative estimate of drug-likeness (QED) is 0.402. The molecule has 1 aromatic rings. The van der Waals surface area contributed by atoms with E-state index in [-0.39, 0.29) is 37.7 Å². The lowest BCUT2D eigenvalue weighted by Crippen LogP contribution is -2.47. The van der Waals surface area contributed by atoms with Gasteiger partial charge in [0.2, 0.25) is 11.8 Å². The molecular formula is C23H34F2N2O4. The zero-order chi connectivity index (χ0) is 22.8. The van der Waals surface area contributed by atoms with Crippen molar-refractivity contribution in [3.05, 3.63) is 35.4 Å². The fraction of sp³-hybridized carbons (Fsp3) is 0.652. The van der Waals surface area contributed by atoms with Gasteiger partial charge >= 0.3 is 0 Å². The Balaban J connectivity index is 1.96. The lowest BCUT2D eigenvalue weighted by Gasteiger charge is -2.28. The average molecular weight is 441 g/mol. The number of aliphatic hydroxyl groups is 2. The maximum Gasteiger partial charge on any atom is 0.220 e. The van der Waals surface area contributed by atoms with Crippen molar-refractivity contribution in [3.63, 3.8) is 0 Å². The first kappa shape index (κ1) is 25.2. The first-order valence-corrected chi connectivity index (χ1v) is 11.1. The molecule has 1 aromatic carbocycles. The van der Waals surface area contributed by atoms with Gasteiger partial charge in [-0.25, -0.2) is 8.78 Å². The Labute approximate surface area is 182 Å². The van der Waals surface area contributed by atoms with Crippen LogP contribution in [0.5, 0.6) is 0 Å². The Bertz CT molecular complexity index is 705. The monoisotopic (exact) mass is 440 g/mol. The summed E-state index contributed by atoms with van der Waals surface area (Å²) in [5, 5.41) is 25.6. The van der Waals surface area contributed by atoms with Gasteiger partial charge in [0.05, 0.1) is 12.1 Å². The molecule has 2 rings (SSSR count). The summed E-state index contributed by atoms with van der Waals surface area (Å²) < 4.78 is 27.0. The van der Waals surface area contributed by atoms with Crippen LogP contribution >= 0.6 is 0 Å². The van der Waals surface area contributed by atoms with Crippen molar-refractivity contribution >= 4 is 11.8 Å². The van der Waals surface area contributed by atoms with E-state index in [1.54, 1.807) is 0 Å². The molecule has 0 radical (unpaired) electrons. The minimum atomic E-state index is -1.08. The topological polar surface area (TPSA) is 98.7 Å². The van der Waals surface area contributed by atoms with Gasteiger partial charge in [0.15, 0.2) is 0 Å². The first-order chi connectivity index (χ1) is 14.8. The molecule has 4 N–H and O–H groups in total. The Morgan fingerprint density at radius 1 is 1.13 bits per heavy atom. The number of amides is 2. The van der Waals surface area contributed by atoms with Crippen LogP contribution in [0.25, 0.3) is 0 Å². The average Bonchev–Trinajstić information content (AvgIpc) is 3.18. The van der Waals surface area contributed by atoms with Crippen molar-refractivity contribution in [2.75, 3.05) is 6.61 Å². The standard InChI is InChI=1S/C23H34F2N2O4/c1-15(29)26-21(12-17-10-18(24)13-19(25)11-17)22(30)14-20(8-9-28)27-23(31)7-6-16-4-2-3-5-16/h10-11,13,16,20-22,28,30H,2-9,12,14H2,1H3,(H,26,29)(H,27,31)/t20?,21-,22-/m0/s1. The van der Waals surface area contributed by atoms with E-state index in [9.17, 15) is 28.6 Å². The molecule has 174 valence electrons. The summed E-state index contributed by atoms with van der Waals surface area (Å²) in [6, 6.07) is 1.79. The number of carbonyl (C=O) groups excluding carboxylic acids is 2. The lowest BCUT2D eigenvalue weighted by molar-refractivity contribution is -0.123. The highest BCUT2D eigenvalue weighted by Crippen LogP contribution is 2.28. The number of rotatable bonds is 12. The third kappa shape index (κ3) is 9.31. The van der Waals surface area contributed by atoms with Gasteiger partial charge in [0.25, 0.3) is 0 Å². The van der Waals surface area contributed by atoms with Crippen LogP contribution in [0.2, 0.25) is 0 Å². The normalized spacial score (nSPS) is 17.2. The second-order valence-electron chi connectivity index (χ2n) is 8.56. The molecule has 1 aliphatic rings. The van der Waals surface area contributed by atoms with Crippen LogP contribution in [-0.4, -0.2) is 46.8 Å². The molecule has 1 saturated carbocycles. The van der Waals surface area contributed by atoms with Gasteiger partial charge in [0, 0.05) is 32.1 Å². The van der Waals surface area contributed by atoms with Crippen LogP contribution in [0.15, 0.2) is 18.2 Å². The van der Waals surface area contributed by atoms with E-state index in [4.69, 9.17) is 0 Å². The minimum absolute atomic E-state index is 0.0247. The molecule has 8 heteroatoms. The molecule has 0 bridgehead atoms. The largest absolute Gasteiger partial charge is 0.396 e. The molecule has 1 fully saturated rings. The van der Waals surface area contributed by atoms with Gasteiger partial charge in [-0.2, -0.15) is 0 Å². The van der Waals surface area contributed by atoms with Crippen LogP contribution in [0.4, 0.5) is 8.78 Å². The van der Waals surface area contributed by atoms with Crippen LogP contribution in [0.1, 0.15) is 63.9 Å². The minimum Gasteiger partial charge on any atom is -0.396 e. The Morgan fingerprint density at radius 3 is 2.35 bits per heavy atom. The summed E-state index contributed by atoms with van der Waals surface area (Å²) in [6.07, 6.45) is 5.28. The third-order valence-corrected chi connectivity index (χ3v) is 5.85. The predicted molar refractivity (Wildman–Crippen MR) is 113 cm³/mol. The highest BCUT2D eigenvalue weighted by atomic mass is 19.1. The smallest absolute Gasteiger partial charge is 0.220 e. The maximum atomic E-state index is 13.5. The summed E-state index contributed by atoms with van der Waals surface area (Å²) in [6.45, 7) is 1.13. The van der Waals surface area contributed by atoms with Crippen LogP contribution in [-0.2, 0) is 16.0 Å². The third-order valence-electron chi connectivity index (χ3n) is 5.85. The van der Waals surface area contributed by atoms with Gasteiger partial charge in [-0.1, -0.05) is 25.7 Å². The van der Waals surface area contributed by atoms with Gasteiger partial charge in [0.1, 0.15) is 11.6 Å². The number of nitrogens with one attached hydrogen (secondary N) is 2. The second-order valence-corrected chi connectivity index (χ2v) is 8.56. The summed E-state index contributed by atoms with van der Waals surface area (Å²) >= 11 is 0. The molecule has 6 nitrogen and oxygen atoms in total. The van der Waals surface area contributed by atoms with Crippen molar-refractivity contribution in [1.29, 1.82) is 0 Å². The number of hydrogen-bond donors (Lipinski definition) is 4.